The largest absolute Gasteiger partial charge is 0.351 e. The number of hydrogen-bond donors (Lipinski definition) is 6. The van der Waals surface area contributed by atoms with Crippen LogP contribution in [0.4, 0.5) is 57.3 Å². The Hall–Kier alpha value is -5.61. The Labute approximate surface area is 252 Å². The van der Waals surface area contributed by atoms with Gasteiger partial charge in [-0.3, -0.25) is 0 Å². The Morgan fingerprint density at radius 2 is 1.12 bits per heavy atom. The average molecular weight is 629 g/mol. The first-order valence-electron chi connectivity index (χ1n) is 12.0. The van der Waals surface area contributed by atoms with Crippen LogP contribution in [0, 0.1) is 12.7 Å². The Morgan fingerprint density at radius 3 is 1.60 bits per heavy atom. The van der Waals surface area contributed by atoms with Crippen LogP contribution in [-0.2, 0) is 0 Å². The lowest BCUT2D eigenvalue weighted by atomic mass is 10.2. The van der Waals surface area contributed by atoms with Crippen LogP contribution in [0.3, 0.4) is 0 Å². The van der Waals surface area contributed by atoms with Gasteiger partial charge < -0.3 is 46.7 Å². The molecule has 0 spiro atoms. The SMILES string of the molecule is Cc1ccccc1Nc1noc(N)n1.Nc1nc(Nc2c(Cl)cccc2Cl)no1.Nc1nc(Nc2ccc(F)cc2)no1. The third kappa shape index (κ3) is 9.20. The third-order valence-corrected chi connectivity index (χ3v) is 5.65. The van der Waals surface area contributed by atoms with E-state index < -0.39 is 0 Å². The second-order valence-electron chi connectivity index (χ2n) is 8.16. The maximum absolute atomic E-state index is 12.5. The molecule has 0 atom stereocenters. The summed E-state index contributed by atoms with van der Waals surface area (Å²) in [5, 5.41) is 20.2. The van der Waals surface area contributed by atoms with Gasteiger partial charge in [0.25, 0.3) is 17.8 Å². The van der Waals surface area contributed by atoms with Crippen LogP contribution in [0.25, 0.3) is 0 Å². The van der Waals surface area contributed by atoms with Crippen molar-refractivity contribution in [2.75, 3.05) is 33.2 Å². The van der Waals surface area contributed by atoms with Gasteiger partial charge in [0.2, 0.25) is 0 Å². The molecule has 43 heavy (non-hydrogen) atoms. The number of anilines is 9. The number of halogens is 3. The number of nitrogen functional groups attached to an aromatic ring is 3. The predicted octanol–water partition coefficient (Wildman–Crippen LogP) is 5.94. The van der Waals surface area contributed by atoms with E-state index in [9.17, 15) is 4.39 Å². The molecule has 0 saturated heterocycles. The highest BCUT2D eigenvalue weighted by Crippen LogP contribution is 2.31. The van der Waals surface area contributed by atoms with Gasteiger partial charge in [-0.15, -0.1) is 0 Å². The van der Waals surface area contributed by atoms with E-state index in [1.165, 1.54) is 12.1 Å². The third-order valence-electron chi connectivity index (χ3n) is 5.02. The normalized spacial score (nSPS) is 10.1. The maximum atomic E-state index is 12.5. The lowest BCUT2D eigenvalue weighted by molar-refractivity contribution is 0.437. The summed E-state index contributed by atoms with van der Waals surface area (Å²) in [6.45, 7) is 1.99. The molecule has 0 aliphatic carbocycles. The number of aryl methyl sites for hydroxylation is 1. The molecule has 0 bridgehead atoms. The predicted molar refractivity (Wildman–Crippen MR) is 160 cm³/mol. The van der Waals surface area contributed by atoms with Crippen molar-refractivity contribution in [2.45, 2.75) is 6.92 Å². The summed E-state index contributed by atoms with van der Waals surface area (Å²) in [5.41, 5.74) is 19.0. The van der Waals surface area contributed by atoms with Crippen LogP contribution in [0.2, 0.25) is 10.0 Å². The van der Waals surface area contributed by atoms with Gasteiger partial charge in [0, 0.05) is 11.4 Å². The van der Waals surface area contributed by atoms with Crippen LogP contribution in [0.1, 0.15) is 5.56 Å². The van der Waals surface area contributed by atoms with E-state index in [0.29, 0.717) is 27.4 Å². The van der Waals surface area contributed by atoms with Crippen LogP contribution in [0.15, 0.2) is 80.3 Å². The number of para-hydroxylation sites is 2. The summed E-state index contributed by atoms with van der Waals surface area (Å²) < 4.78 is 26.3. The molecule has 6 rings (SSSR count). The van der Waals surface area contributed by atoms with Crippen LogP contribution in [-0.4, -0.2) is 30.4 Å². The fraction of sp³-hybridized carbons (Fsp3) is 0.0400. The molecule has 3 heterocycles. The molecule has 9 N–H and O–H groups in total. The van der Waals surface area contributed by atoms with E-state index in [1.54, 1.807) is 30.3 Å². The Balaban J connectivity index is 0.000000148. The molecule has 0 radical (unpaired) electrons. The van der Waals surface area contributed by atoms with Crippen molar-refractivity contribution >= 4 is 76.2 Å². The molecule has 15 nitrogen and oxygen atoms in total. The number of rotatable bonds is 6. The minimum atomic E-state index is -0.303. The van der Waals surface area contributed by atoms with Crippen molar-refractivity contribution in [1.82, 2.24) is 30.4 Å². The molecule has 0 saturated carbocycles. The highest BCUT2D eigenvalue weighted by molar-refractivity contribution is 6.39. The molecule has 0 fully saturated rings. The van der Waals surface area contributed by atoms with E-state index in [0.717, 1.165) is 11.3 Å². The molecule has 3 aromatic carbocycles. The second kappa shape index (κ2) is 14.3. The monoisotopic (exact) mass is 628 g/mol. The van der Waals surface area contributed by atoms with E-state index >= 15 is 0 Å². The minimum absolute atomic E-state index is 0.0189. The topological polar surface area (TPSA) is 231 Å². The lowest BCUT2D eigenvalue weighted by Gasteiger charge is -2.05. The first kappa shape index (κ1) is 30.4. The summed E-state index contributed by atoms with van der Waals surface area (Å²) in [5.74, 6) is 0.525. The van der Waals surface area contributed by atoms with Crippen LogP contribution < -0.4 is 33.2 Å². The summed E-state index contributed by atoms with van der Waals surface area (Å²) in [6.07, 6.45) is 0. The van der Waals surface area contributed by atoms with Crippen molar-refractivity contribution in [3.8, 4) is 0 Å². The summed E-state index contributed by atoms with van der Waals surface area (Å²) in [7, 11) is 0. The molecule has 0 aliphatic heterocycles. The fourth-order valence-electron chi connectivity index (χ4n) is 3.08. The maximum Gasteiger partial charge on any atom is 0.320 e. The number of hydrogen-bond acceptors (Lipinski definition) is 15. The van der Waals surface area contributed by atoms with E-state index in [-0.39, 0.29) is 35.8 Å². The number of nitrogens with zero attached hydrogens (tertiary/aromatic N) is 6. The van der Waals surface area contributed by atoms with Gasteiger partial charge in [-0.2, -0.15) is 15.0 Å². The van der Waals surface area contributed by atoms with E-state index in [2.05, 4.69) is 59.9 Å². The second-order valence-corrected chi connectivity index (χ2v) is 8.98. The summed E-state index contributed by atoms with van der Waals surface area (Å²) >= 11 is 11.8. The zero-order valence-corrected chi connectivity index (χ0v) is 23.6. The average Bonchev–Trinajstić information content (AvgIpc) is 3.71. The summed E-state index contributed by atoms with van der Waals surface area (Å²) in [4.78, 5) is 11.3. The van der Waals surface area contributed by atoms with E-state index in [1.807, 2.05) is 31.2 Å². The van der Waals surface area contributed by atoms with Gasteiger partial charge in [-0.1, -0.05) is 47.5 Å². The van der Waals surface area contributed by atoms with Crippen molar-refractivity contribution in [1.29, 1.82) is 0 Å². The number of aromatic nitrogens is 6. The standard InChI is InChI=1S/C9H10N4O.C8H6Cl2N4O.C8H7FN4O/c1-6-4-2-3-5-7(6)11-9-12-8(10)14-13-9;9-4-2-1-3-5(10)6(4)12-8-13-7(11)15-14-8;9-5-1-3-6(4-2-5)11-8-12-7(10)14-13-8/h2-5H,1H3,(H3,10,11,12,13);1-3H,(H3,11,12,13,14);1-4H,(H3,10,11,12,13). The molecule has 6 aromatic rings. The Kier molecular flexibility index (Phi) is 10.1. The molecule has 3 aromatic heterocycles. The van der Waals surface area contributed by atoms with Crippen molar-refractivity contribution < 1.29 is 18.0 Å². The molecular weight excluding hydrogens is 606 g/mol. The molecule has 0 unspecified atom stereocenters. The lowest BCUT2D eigenvalue weighted by Crippen LogP contribution is -1.94. The number of benzene rings is 3. The zero-order chi connectivity index (χ0) is 30.8. The van der Waals surface area contributed by atoms with Gasteiger partial charge in [-0.05, 0) is 70.4 Å². The van der Waals surface area contributed by atoms with E-state index in [4.69, 9.17) is 40.4 Å². The highest BCUT2D eigenvalue weighted by Gasteiger charge is 2.09. The van der Waals surface area contributed by atoms with Gasteiger partial charge in [0.1, 0.15) is 5.82 Å². The molecule has 18 heteroatoms. The molecular formula is C25H23Cl2FN12O3. The van der Waals surface area contributed by atoms with Gasteiger partial charge in [-0.25, -0.2) is 4.39 Å². The van der Waals surface area contributed by atoms with Gasteiger partial charge in [0.05, 0.1) is 15.7 Å². The number of nitrogens with one attached hydrogen (secondary N) is 3. The molecule has 222 valence electrons. The Bertz CT molecular complexity index is 1740. The fourth-order valence-corrected chi connectivity index (χ4v) is 3.57. The smallest absolute Gasteiger partial charge is 0.320 e. The molecule has 0 amide bonds. The number of nitrogens with two attached hydrogens (primary N) is 3. The quantitative estimate of drug-likeness (QED) is 0.125. The first-order valence-corrected chi connectivity index (χ1v) is 12.8. The molecule has 0 aliphatic rings. The van der Waals surface area contributed by atoms with Crippen LogP contribution >= 0.6 is 23.2 Å². The zero-order valence-electron chi connectivity index (χ0n) is 22.1. The minimum Gasteiger partial charge on any atom is -0.351 e. The van der Waals surface area contributed by atoms with Crippen LogP contribution in [0.5, 0.6) is 0 Å². The first-order chi connectivity index (χ1) is 20.7. The Morgan fingerprint density at radius 1 is 0.628 bits per heavy atom. The van der Waals surface area contributed by atoms with Crippen molar-refractivity contribution in [3.63, 3.8) is 0 Å². The van der Waals surface area contributed by atoms with Crippen molar-refractivity contribution in [3.05, 3.63) is 88.2 Å². The highest BCUT2D eigenvalue weighted by atomic mass is 35.5. The van der Waals surface area contributed by atoms with Gasteiger partial charge in [0.15, 0.2) is 0 Å². The van der Waals surface area contributed by atoms with Crippen molar-refractivity contribution in [2.24, 2.45) is 0 Å². The summed E-state index contributed by atoms with van der Waals surface area (Å²) in [6, 6.07) is 18.7. The van der Waals surface area contributed by atoms with Gasteiger partial charge >= 0.3 is 18.0 Å².